The predicted molar refractivity (Wildman–Crippen MR) is 247 cm³/mol. The van der Waals surface area contributed by atoms with Crippen molar-refractivity contribution in [1.82, 2.24) is 18.9 Å². The van der Waals surface area contributed by atoms with E-state index >= 15 is 8.78 Å². The molecule has 4 aliphatic rings. The average Bonchev–Trinajstić information content (AvgIpc) is 4.22. The van der Waals surface area contributed by atoms with E-state index in [4.69, 9.17) is 22.9 Å². The number of nitrogens with two attached hydrogens (primary N) is 4. The minimum Gasteiger partial charge on any atom is -0.477 e. The molecule has 8 rings (SSSR count). The van der Waals surface area contributed by atoms with Gasteiger partial charge in [-0.25, -0.2) is 13.6 Å². The number of hydrogen-bond donors (Lipinski definition) is 5. The third kappa shape index (κ3) is 9.59. The molecule has 0 amide bonds. The number of anilines is 2. The van der Waals surface area contributed by atoms with E-state index in [0.717, 1.165) is 62.9 Å². The maximum absolute atomic E-state index is 15.4. The number of fused-ring (bicyclic) bond motifs is 2. The molecular weight excluding hydrogens is 827 g/mol. The molecule has 2 saturated carbocycles. The molecule has 64 heavy (non-hydrogen) atoms. The Morgan fingerprint density at radius 1 is 0.641 bits per heavy atom. The van der Waals surface area contributed by atoms with Crippen LogP contribution in [0.15, 0.2) is 66.2 Å². The van der Waals surface area contributed by atoms with E-state index in [-0.39, 0.29) is 46.3 Å². The summed E-state index contributed by atoms with van der Waals surface area (Å²) in [6.45, 7) is 6.62. The second-order valence-electron chi connectivity index (χ2n) is 17.0. The normalized spacial score (nSPS) is 18.2. The highest BCUT2D eigenvalue weighted by Crippen LogP contribution is 2.39. The number of nitrogens with zero attached hydrogens (tertiary/aromatic N) is 10. The van der Waals surface area contributed by atoms with E-state index in [9.17, 15) is 19.5 Å². The van der Waals surface area contributed by atoms with Crippen LogP contribution in [0.5, 0.6) is 0 Å². The summed E-state index contributed by atoms with van der Waals surface area (Å²) in [5, 5.41) is 10.0. The van der Waals surface area contributed by atoms with Gasteiger partial charge in [0.05, 0.1) is 22.4 Å². The van der Waals surface area contributed by atoms with Crippen LogP contribution in [0.2, 0.25) is 0 Å². The van der Waals surface area contributed by atoms with Gasteiger partial charge in [0.25, 0.3) is 0 Å². The van der Waals surface area contributed by atoms with Crippen molar-refractivity contribution in [3.8, 4) is 0 Å². The first-order valence-electron chi connectivity index (χ1n) is 22.0. The van der Waals surface area contributed by atoms with Crippen LogP contribution in [0.3, 0.4) is 0 Å². The summed E-state index contributed by atoms with van der Waals surface area (Å²) >= 11 is 0. The molecule has 2 saturated heterocycles. The molecule has 4 fully saturated rings. The van der Waals surface area contributed by atoms with Gasteiger partial charge in [-0.15, -0.1) is 0 Å². The van der Waals surface area contributed by atoms with Crippen molar-refractivity contribution in [3.05, 3.63) is 79.9 Å². The molecule has 4 aromatic rings. The second-order valence-corrected chi connectivity index (χ2v) is 17.0. The quantitative estimate of drug-likeness (QED) is 0.0783. The van der Waals surface area contributed by atoms with Crippen molar-refractivity contribution in [2.45, 2.75) is 70.4 Å². The van der Waals surface area contributed by atoms with Crippen LogP contribution in [0.25, 0.3) is 21.8 Å². The first-order valence-corrected chi connectivity index (χ1v) is 22.0. The number of pyridine rings is 2. The number of halogens is 2. The fourth-order valence-electron chi connectivity index (χ4n) is 8.56. The number of guanidine groups is 4. The molecule has 18 nitrogen and oxygen atoms in total. The predicted octanol–water partition coefficient (Wildman–Crippen LogP) is 3.03. The van der Waals surface area contributed by atoms with E-state index in [2.05, 4.69) is 24.5 Å². The SMILES string of the molecule is Cc1cn(C2CC2)c2cc(N3CCN(C(N)=NC(N)=NCCCCCCN=C(N)N=C(N)N4CCN(c5cc6c(cc5F)c(=O)c(C(=O)O)cn6C5CC5)CC4)CC3)c(F)cc2c1=O. The molecule has 0 radical (unpaired) electrons. The molecule has 340 valence electrons. The van der Waals surface area contributed by atoms with Crippen molar-refractivity contribution in [2.75, 3.05) is 75.2 Å². The molecule has 0 bridgehead atoms. The van der Waals surface area contributed by atoms with Crippen LogP contribution in [0.1, 0.15) is 79.4 Å². The van der Waals surface area contributed by atoms with E-state index < -0.39 is 23.0 Å². The Balaban J connectivity index is 0.745. The number of rotatable bonds is 12. The minimum atomic E-state index is -1.33. The zero-order chi connectivity index (χ0) is 45.2. The number of carboxylic acid groups (broad SMARTS) is 1. The number of aromatic nitrogens is 2. The lowest BCUT2D eigenvalue weighted by Crippen LogP contribution is -2.51. The van der Waals surface area contributed by atoms with Crippen LogP contribution < -0.4 is 43.6 Å². The lowest BCUT2D eigenvalue weighted by molar-refractivity contribution is 0.0694. The lowest BCUT2D eigenvalue weighted by atomic mass is 10.1. The first-order chi connectivity index (χ1) is 30.8. The van der Waals surface area contributed by atoms with Gasteiger partial charge >= 0.3 is 5.97 Å². The Bertz CT molecular complexity index is 2690. The highest BCUT2D eigenvalue weighted by molar-refractivity contribution is 5.95. The summed E-state index contributed by atoms with van der Waals surface area (Å²) in [4.78, 5) is 62.3. The molecule has 2 aliphatic carbocycles. The largest absolute Gasteiger partial charge is 0.477 e. The van der Waals surface area contributed by atoms with Gasteiger partial charge in [-0.1, -0.05) is 12.8 Å². The maximum atomic E-state index is 15.4. The molecule has 2 aliphatic heterocycles. The summed E-state index contributed by atoms with van der Waals surface area (Å²) < 4.78 is 34.7. The standard InChI is InChI=1S/C44H56F2N14O4/c1-26-24-59(27-6-7-27)34-22-36(32(45)20-29(34)38(26)61)55-12-16-57(17-13-55)43(49)53-41(47)51-10-4-2-3-5-11-52-42(48)54-44(50)58-18-14-56(15-19-58)37-23-35-30(21-33(37)46)39(62)31(40(63)64)25-60(35)28-8-9-28/h20-25,27-28H,2-19H2,1H3,(H,63,64)(H4,47,49,51,53)(H4,48,50,52,54). The zero-order valence-corrected chi connectivity index (χ0v) is 36.1. The van der Waals surface area contributed by atoms with Gasteiger partial charge < -0.3 is 56.8 Å². The summed E-state index contributed by atoms with van der Waals surface area (Å²) in [5.74, 6) is -1.68. The van der Waals surface area contributed by atoms with Gasteiger partial charge in [-0.2, -0.15) is 9.98 Å². The van der Waals surface area contributed by atoms with Crippen molar-refractivity contribution in [3.63, 3.8) is 0 Å². The van der Waals surface area contributed by atoms with Gasteiger partial charge in [0.1, 0.15) is 17.2 Å². The molecule has 9 N–H and O–H groups in total. The van der Waals surface area contributed by atoms with Crippen molar-refractivity contribution < 1.29 is 18.7 Å². The molecule has 0 atom stereocenters. The lowest BCUT2D eigenvalue weighted by Gasteiger charge is -2.36. The fourth-order valence-corrected chi connectivity index (χ4v) is 8.56. The monoisotopic (exact) mass is 882 g/mol. The fraction of sp³-hybridized carbons (Fsp3) is 0.477. The van der Waals surface area contributed by atoms with E-state index in [1.165, 1.54) is 12.3 Å². The third-order valence-corrected chi connectivity index (χ3v) is 12.5. The Kier molecular flexibility index (Phi) is 12.7. The molecule has 20 heteroatoms. The third-order valence-electron chi connectivity index (χ3n) is 12.5. The van der Waals surface area contributed by atoms with Crippen molar-refractivity contribution in [1.29, 1.82) is 0 Å². The molecule has 4 heterocycles. The minimum absolute atomic E-state index is 0.0569. The maximum Gasteiger partial charge on any atom is 0.341 e. The number of benzene rings is 2. The van der Waals surface area contributed by atoms with E-state index in [1.807, 2.05) is 31.9 Å². The summed E-state index contributed by atoms with van der Waals surface area (Å²) in [6.07, 6.45) is 10.5. The van der Waals surface area contributed by atoms with Crippen LogP contribution in [0, 0.1) is 18.6 Å². The summed E-state index contributed by atoms with van der Waals surface area (Å²) in [6, 6.07) is 6.40. The Hall–Kier alpha value is -6.73. The highest BCUT2D eigenvalue weighted by Gasteiger charge is 2.30. The molecule has 2 aromatic heterocycles. The van der Waals surface area contributed by atoms with Crippen LogP contribution in [-0.4, -0.2) is 119 Å². The zero-order valence-electron chi connectivity index (χ0n) is 36.1. The van der Waals surface area contributed by atoms with Crippen LogP contribution in [0.4, 0.5) is 20.2 Å². The molecule has 0 spiro atoms. The number of hydrogen-bond acceptors (Lipinski definition) is 7. The van der Waals surface area contributed by atoms with Gasteiger partial charge in [0, 0.05) is 106 Å². The number of carbonyl (C=O) groups is 1. The molecular formula is C44H56F2N14O4. The van der Waals surface area contributed by atoms with Gasteiger partial charge in [-0.05, 0) is 69.7 Å². The Morgan fingerprint density at radius 3 is 1.48 bits per heavy atom. The number of aliphatic imine (C=N–C) groups is 4. The number of unbranched alkanes of at least 4 members (excludes halogenated alkanes) is 3. The number of carboxylic acids is 1. The second kappa shape index (κ2) is 18.5. The van der Waals surface area contributed by atoms with Crippen molar-refractivity contribution in [2.24, 2.45) is 42.9 Å². The van der Waals surface area contributed by atoms with Gasteiger partial charge in [0.2, 0.25) is 17.3 Å². The molecule has 0 unspecified atom stereocenters. The Labute approximate surface area is 368 Å². The Morgan fingerprint density at radius 2 is 1.06 bits per heavy atom. The van der Waals surface area contributed by atoms with Crippen molar-refractivity contribution >= 4 is 63.0 Å². The number of piperazine rings is 2. The van der Waals surface area contributed by atoms with E-state index in [1.54, 1.807) is 17.6 Å². The average molecular weight is 883 g/mol. The van der Waals surface area contributed by atoms with Gasteiger partial charge in [0.15, 0.2) is 17.3 Å². The summed E-state index contributed by atoms with van der Waals surface area (Å²) in [7, 11) is 0. The number of aromatic carboxylic acids is 1. The number of aryl methyl sites for hydroxylation is 1. The summed E-state index contributed by atoms with van der Waals surface area (Å²) in [5.41, 5.74) is 26.3. The topological polar surface area (TPSA) is 248 Å². The van der Waals surface area contributed by atoms with Crippen LogP contribution >= 0.6 is 0 Å². The van der Waals surface area contributed by atoms with E-state index in [0.29, 0.717) is 99.3 Å². The van der Waals surface area contributed by atoms with Crippen LogP contribution in [-0.2, 0) is 0 Å². The smallest absolute Gasteiger partial charge is 0.341 e. The van der Waals surface area contributed by atoms with Gasteiger partial charge in [-0.3, -0.25) is 19.6 Å². The molecule has 2 aromatic carbocycles. The first kappa shape index (κ1) is 43.9. The highest BCUT2D eigenvalue weighted by atomic mass is 19.1.